The number of rotatable bonds is 7. The minimum absolute atomic E-state index is 0.0194. The largest absolute Gasteiger partial charge is 0.477 e. The molecule has 1 N–H and O–H groups in total. The van der Waals surface area contributed by atoms with Gasteiger partial charge in [-0.2, -0.15) is 0 Å². The van der Waals surface area contributed by atoms with Crippen LogP contribution in [0.3, 0.4) is 0 Å². The van der Waals surface area contributed by atoms with Gasteiger partial charge >= 0.3 is 5.97 Å². The van der Waals surface area contributed by atoms with Crippen LogP contribution in [0.4, 0.5) is 0 Å². The van der Waals surface area contributed by atoms with Gasteiger partial charge in [-0.25, -0.2) is 4.79 Å². The second kappa shape index (κ2) is 8.73. The van der Waals surface area contributed by atoms with Crippen molar-refractivity contribution >= 4 is 46.6 Å². The molecule has 0 aliphatic carbocycles. The Balaban J connectivity index is 4.57. The summed E-state index contributed by atoms with van der Waals surface area (Å²) in [6, 6.07) is 0. The number of halogens is 2. The summed E-state index contributed by atoms with van der Waals surface area (Å²) in [6.45, 7) is 1.87. The second-order valence-corrected chi connectivity index (χ2v) is 4.62. The average molecular weight is 286 g/mol. The highest BCUT2D eigenvalue weighted by atomic mass is 35.5. The maximum absolute atomic E-state index is 10.9. The molecule has 0 saturated heterocycles. The van der Waals surface area contributed by atoms with Crippen molar-refractivity contribution in [2.24, 2.45) is 5.16 Å². The van der Waals surface area contributed by atoms with E-state index in [1.165, 1.54) is 24.4 Å². The molecule has 0 aromatic rings. The van der Waals surface area contributed by atoms with Crippen LogP contribution in [0.2, 0.25) is 0 Å². The van der Waals surface area contributed by atoms with Gasteiger partial charge in [-0.15, -0.1) is 11.8 Å². The summed E-state index contributed by atoms with van der Waals surface area (Å²) in [5.74, 6) is -0.647. The Kier molecular flexibility index (Phi) is 8.51. The van der Waals surface area contributed by atoms with E-state index in [9.17, 15) is 4.79 Å². The number of carboxylic acid groups (broad SMARTS) is 1. The molecule has 0 bridgehead atoms. The Hall–Kier alpha value is -0.390. The first-order valence-electron chi connectivity index (χ1n) is 4.47. The summed E-state index contributed by atoms with van der Waals surface area (Å²) in [4.78, 5) is 15.4. The fourth-order valence-electron chi connectivity index (χ4n) is 0.936. The molecule has 16 heavy (non-hydrogen) atoms. The standard InChI is InChI=1S/C9H13Cl2NO3S/c1-3-7(16-5-6(11)4-10)8(9(13)14)12-15-2/h4,7H,3,5H2,1-2H3,(H,13,14). The van der Waals surface area contributed by atoms with Crippen LogP contribution < -0.4 is 0 Å². The van der Waals surface area contributed by atoms with Gasteiger partial charge in [0.1, 0.15) is 7.11 Å². The van der Waals surface area contributed by atoms with E-state index in [2.05, 4.69) is 9.99 Å². The summed E-state index contributed by atoms with van der Waals surface area (Å²) in [5, 5.41) is 12.6. The zero-order valence-corrected chi connectivity index (χ0v) is 11.3. The van der Waals surface area contributed by atoms with Crippen molar-refractivity contribution in [2.45, 2.75) is 18.6 Å². The molecule has 0 amide bonds. The van der Waals surface area contributed by atoms with Gasteiger partial charge in [0.2, 0.25) is 0 Å². The maximum atomic E-state index is 10.9. The Labute approximate surface area is 109 Å². The molecule has 0 fully saturated rings. The van der Waals surface area contributed by atoms with E-state index in [1.54, 1.807) is 0 Å². The molecule has 0 radical (unpaired) electrons. The topological polar surface area (TPSA) is 58.9 Å². The molecule has 92 valence electrons. The molecule has 0 saturated carbocycles. The summed E-state index contributed by atoms with van der Waals surface area (Å²) in [5.41, 5.74) is 1.24. The lowest BCUT2D eigenvalue weighted by Crippen LogP contribution is -2.26. The van der Waals surface area contributed by atoms with Crippen molar-refractivity contribution in [3.8, 4) is 0 Å². The Morgan fingerprint density at radius 2 is 2.31 bits per heavy atom. The molecule has 0 rings (SSSR count). The van der Waals surface area contributed by atoms with E-state index in [4.69, 9.17) is 28.3 Å². The van der Waals surface area contributed by atoms with Gasteiger partial charge in [0.05, 0.1) is 5.25 Å². The SMILES string of the molecule is CCC(SCC(Cl)=CCl)C(=NOC)C(=O)O. The van der Waals surface area contributed by atoms with Crippen LogP contribution >= 0.6 is 35.0 Å². The Morgan fingerprint density at radius 1 is 1.69 bits per heavy atom. The van der Waals surface area contributed by atoms with E-state index >= 15 is 0 Å². The molecule has 0 aliphatic heterocycles. The quantitative estimate of drug-likeness (QED) is 0.577. The highest BCUT2D eigenvalue weighted by molar-refractivity contribution is 8.01. The zero-order chi connectivity index (χ0) is 12.6. The van der Waals surface area contributed by atoms with E-state index in [-0.39, 0.29) is 11.0 Å². The van der Waals surface area contributed by atoms with Gasteiger partial charge in [0.15, 0.2) is 5.71 Å². The summed E-state index contributed by atoms with van der Waals surface area (Å²) in [6.07, 6.45) is 0.617. The normalized spacial score (nSPS) is 14.8. The van der Waals surface area contributed by atoms with Crippen LogP contribution in [0, 0.1) is 0 Å². The third kappa shape index (κ3) is 5.63. The number of aliphatic carboxylic acids is 1. The third-order valence-corrected chi connectivity index (χ3v) is 3.84. The van der Waals surface area contributed by atoms with E-state index in [1.807, 2.05) is 6.92 Å². The van der Waals surface area contributed by atoms with Gasteiger partial charge in [-0.3, -0.25) is 0 Å². The lowest BCUT2D eigenvalue weighted by atomic mass is 10.2. The van der Waals surface area contributed by atoms with Crippen LogP contribution in [0.5, 0.6) is 0 Å². The van der Waals surface area contributed by atoms with Crippen LogP contribution in [0.25, 0.3) is 0 Å². The molecule has 1 atom stereocenters. The van der Waals surface area contributed by atoms with Crippen molar-refractivity contribution < 1.29 is 14.7 Å². The highest BCUT2D eigenvalue weighted by Crippen LogP contribution is 2.21. The summed E-state index contributed by atoms with van der Waals surface area (Å²) < 4.78 is 0. The van der Waals surface area contributed by atoms with Crippen molar-refractivity contribution in [1.29, 1.82) is 0 Å². The van der Waals surface area contributed by atoms with Gasteiger partial charge in [0, 0.05) is 16.3 Å². The minimum atomic E-state index is -1.09. The molecule has 4 nitrogen and oxygen atoms in total. The van der Waals surface area contributed by atoms with E-state index in [0.717, 1.165) is 0 Å². The van der Waals surface area contributed by atoms with Crippen molar-refractivity contribution in [1.82, 2.24) is 0 Å². The zero-order valence-electron chi connectivity index (χ0n) is 8.94. The molecule has 0 spiro atoms. The maximum Gasteiger partial charge on any atom is 0.354 e. The number of oxime groups is 1. The van der Waals surface area contributed by atoms with Crippen LogP contribution in [-0.4, -0.2) is 34.9 Å². The number of carbonyl (C=O) groups is 1. The first-order valence-corrected chi connectivity index (χ1v) is 6.33. The van der Waals surface area contributed by atoms with Gasteiger partial charge in [-0.05, 0) is 6.42 Å². The fraction of sp³-hybridized carbons (Fsp3) is 0.556. The molecule has 0 heterocycles. The van der Waals surface area contributed by atoms with Gasteiger partial charge in [-0.1, -0.05) is 35.3 Å². The number of hydrogen-bond acceptors (Lipinski definition) is 4. The van der Waals surface area contributed by atoms with Crippen molar-refractivity contribution in [2.75, 3.05) is 12.9 Å². The first-order chi connectivity index (χ1) is 7.56. The molecule has 0 aromatic carbocycles. The van der Waals surface area contributed by atoms with Crippen LogP contribution in [0.1, 0.15) is 13.3 Å². The number of hydrogen-bond donors (Lipinski definition) is 1. The number of carboxylic acids is 1. The van der Waals surface area contributed by atoms with Crippen LogP contribution in [-0.2, 0) is 9.63 Å². The average Bonchev–Trinajstić information content (AvgIpc) is 2.27. The lowest BCUT2D eigenvalue weighted by molar-refractivity contribution is -0.129. The smallest absolute Gasteiger partial charge is 0.354 e. The van der Waals surface area contributed by atoms with Crippen molar-refractivity contribution in [3.05, 3.63) is 10.6 Å². The molecule has 7 heteroatoms. The predicted octanol–water partition coefficient (Wildman–Crippen LogP) is 2.90. The minimum Gasteiger partial charge on any atom is -0.477 e. The molecule has 1 unspecified atom stereocenters. The fourth-order valence-corrected chi connectivity index (χ4v) is 2.27. The Bertz CT molecular complexity index is 294. The third-order valence-electron chi connectivity index (χ3n) is 1.63. The second-order valence-electron chi connectivity index (χ2n) is 2.73. The predicted molar refractivity (Wildman–Crippen MR) is 68.4 cm³/mol. The van der Waals surface area contributed by atoms with E-state index in [0.29, 0.717) is 17.2 Å². The lowest BCUT2D eigenvalue weighted by Gasteiger charge is -2.12. The number of thioether (sulfide) groups is 1. The molecular weight excluding hydrogens is 273 g/mol. The summed E-state index contributed by atoms with van der Waals surface area (Å²) in [7, 11) is 1.31. The molecule has 0 aromatic heterocycles. The summed E-state index contributed by atoms with van der Waals surface area (Å²) >= 11 is 12.5. The molecular formula is C9H13Cl2NO3S. The highest BCUT2D eigenvalue weighted by Gasteiger charge is 2.22. The van der Waals surface area contributed by atoms with Gasteiger partial charge < -0.3 is 9.94 Å². The van der Waals surface area contributed by atoms with Crippen LogP contribution in [0.15, 0.2) is 15.7 Å². The van der Waals surface area contributed by atoms with Crippen molar-refractivity contribution in [3.63, 3.8) is 0 Å². The first kappa shape index (κ1) is 15.6. The van der Waals surface area contributed by atoms with E-state index < -0.39 is 5.97 Å². The Morgan fingerprint density at radius 3 is 2.69 bits per heavy atom. The van der Waals surface area contributed by atoms with Gasteiger partial charge in [0.25, 0.3) is 0 Å². The monoisotopic (exact) mass is 285 g/mol. The number of nitrogens with zero attached hydrogens (tertiary/aromatic N) is 1. The molecule has 0 aliphatic rings.